The van der Waals surface area contributed by atoms with Crippen molar-refractivity contribution in [3.8, 4) is 5.75 Å². The number of nitrogens with zero attached hydrogens (tertiary/aromatic N) is 1. The van der Waals surface area contributed by atoms with Crippen molar-refractivity contribution in [2.24, 2.45) is 0 Å². The van der Waals surface area contributed by atoms with Crippen molar-refractivity contribution in [1.82, 2.24) is 0 Å². The Hall–Kier alpha value is -2.69. The maximum atomic E-state index is 10.9. The standard InChI is InChI=1S/C16H18N2O3/c1-18(10-11-4-3-5-13(8-11)21-2)15-7-6-12(16(19)20)9-14(15)17/h3-9H,10,17H2,1-2H3,(H,19,20). The summed E-state index contributed by atoms with van der Waals surface area (Å²) in [5, 5.41) is 8.95. The second-order valence-electron chi connectivity index (χ2n) is 4.79. The number of rotatable bonds is 5. The highest BCUT2D eigenvalue weighted by atomic mass is 16.5. The van der Waals surface area contributed by atoms with Crippen LogP contribution in [0.1, 0.15) is 15.9 Å². The molecule has 2 rings (SSSR count). The maximum Gasteiger partial charge on any atom is 0.335 e. The van der Waals surface area contributed by atoms with E-state index in [1.54, 1.807) is 19.2 Å². The molecule has 5 heteroatoms. The second kappa shape index (κ2) is 6.17. The zero-order chi connectivity index (χ0) is 15.4. The summed E-state index contributed by atoms with van der Waals surface area (Å²) in [5.41, 5.74) is 8.45. The highest BCUT2D eigenvalue weighted by Gasteiger charge is 2.10. The fraction of sp³-hybridized carbons (Fsp3) is 0.188. The molecule has 3 N–H and O–H groups in total. The summed E-state index contributed by atoms with van der Waals surface area (Å²) in [4.78, 5) is 12.9. The average molecular weight is 286 g/mol. The number of anilines is 2. The molecule has 0 amide bonds. The molecule has 0 aliphatic carbocycles. The SMILES string of the molecule is COc1cccc(CN(C)c2ccc(C(=O)O)cc2N)c1. The molecular formula is C16H18N2O3. The van der Waals surface area contributed by atoms with Gasteiger partial charge in [-0.2, -0.15) is 0 Å². The van der Waals surface area contributed by atoms with Gasteiger partial charge in [-0.25, -0.2) is 4.79 Å². The van der Waals surface area contributed by atoms with E-state index in [-0.39, 0.29) is 5.56 Å². The minimum Gasteiger partial charge on any atom is -0.497 e. The number of hydrogen-bond donors (Lipinski definition) is 2. The number of nitrogens with two attached hydrogens (primary N) is 1. The van der Waals surface area contributed by atoms with Gasteiger partial charge in [0.25, 0.3) is 0 Å². The van der Waals surface area contributed by atoms with Crippen LogP contribution < -0.4 is 15.4 Å². The number of carboxylic acids is 1. The molecule has 0 spiro atoms. The number of methoxy groups -OCH3 is 1. The summed E-state index contributed by atoms with van der Waals surface area (Å²) in [6, 6.07) is 12.5. The summed E-state index contributed by atoms with van der Waals surface area (Å²) in [6.07, 6.45) is 0. The summed E-state index contributed by atoms with van der Waals surface area (Å²) >= 11 is 0. The topological polar surface area (TPSA) is 75.8 Å². The van der Waals surface area contributed by atoms with Crippen LogP contribution in [0.5, 0.6) is 5.75 Å². The van der Waals surface area contributed by atoms with Crippen LogP contribution in [0.15, 0.2) is 42.5 Å². The molecule has 0 aliphatic heterocycles. The molecule has 0 saturated heterocycles. The van der Waals surface area contributed by atoms with E-state index in [1.165, 1.54) is 6.07 Å². The first-order chi connectivity index (χ1) is 10.0. The molecule has 2 aromatic carbocycles. The van der Waals surface area contributed by atoms with E-state index >= 15 is 0 Å². The largest absolute Gasteiger partial charge is 0.497 e. The Balaban J connectivity index is 2.19. The average Bonchev–Trinajstić information content (AvgIpc) is 2.47. The first-order valence-electron chi connectivity index (χ1n) is 6.48. The van der Waals surface area contributed by atoms with E-state index in [2.05, 4.69) is 0 Å². The van der Waals surface area contributed by atoms with Gasteiger partial charge < -0.3 is 20.5 Å². The van der Waals surface area contributed by atoms with Crippen LogP contribution in [0.25, 0.3) is 0 Å². The molecule has 0 saturated carbocycles. The molecular weight excluding hydrogens is 268 g/mol. The van der Waals surface area contributed by atoms with Crippen LogP contribution in [0.3, 0.4) is 0 Å². The molecule has 0 heterocycles. The Morgan fingerprint density at radius 2 is 2.05 bits per heavy atom. The Morgan fingerprint density at radius 3 is 2.67 bits per heavy atom. The van der Waals surface area contributed by atoms with Gasteiger partial charge in [0.05, 0.1) is 24.0 Å². The lowest BCUT2D eigenvalue weighted by Gasteiger charge is -2.21. The van der Waals surface area contributed by atoms with Gasteiger partial charge in [0, 0.05) is 13.6 Å². The number of hydrogen-bond acceptors (Lipinski definition) is 4. The van der Waals surface area contributed by atoms with Crippen molar-refractivity contribution in [3.05, 3.63) is 53.6 Å². The molecule has 0 radical (unpaired) electrons. The van der Waals surface area contributed by atoms with E-state index in [0.717, 1.165) is 17.0 Å². The lowest BCUT2D eigenvalue weighted by atomic mass is 10.1. The number of carboxylic acid groups (broad SMARTS) is 1. The number of ether oxygens (including phenoxy) is 1. The van der Waals surface area contributed by atoms with Crippen molar-refractivity contribution in [1.29, 1.82) is 0 Å². The Bertz CT molecular complexity index is 656. The predicted molar refractivity (Wildman–Crippen MR) is 82.9 cm³/mol. The first-order valence-corrected chi connectivity index (χ1v) is 6.48. The van der Waals surface area contributed by atoms with Crippen LogP contribution >= 0.6 is 0 Å². The summed E-state index contributed by atoms with van der Waals surface area (Å²) in [6.45, 7) is 0.647. The molecule has 0 aliphatic rings. The van der Waals surface area contributed by atoms with Crippen LogP contribution in [0.4, 0.5) is 11.4 Å². The quantitative estimate of drug-likeness (QED) is 0.826. The zero-order valence-corrected chi connectivity index (χ0v) is 12.0. The van der Waals surface area contributed by atoms with Gasteiger partial charge >= 0.3 is 5.97 Å². The molecule has 0 atom stereocenters. The third-order valence-electron chi connectivity index (χ3n) is 3.24. The molecule has 110 valence electrons. The Labute approximate surface area is 123 Å². The highest BCUT2D eigenvalue weighted by Crippen LogP contribution is 2.25. The third-order valence-corrected chi connectivity index (χ3v) is 3.24. The smallest absolute Gasteiger partial charge is 0.335 e. The maximum absolute atomic E-state index is 10.9. The molecule has 21 heavy (non-hydrogen) atoms. The van der Waals surface area contributed by atoms with Crippen molar-refractivity contribution in [3.63, 3.8) is 0 Å². The molecule has 0 aromatic heterocycles. The van der Waals surface area contributed by atoms with Gasteiger partial charge in [-0.1, -0.05) is 12.1 Å². The number of carbonyl (C=O) groups is 1. The second-order valence-corrected chi connectivity index (χ2v) is 4.79. The Morgan fingerprint density at radius 1 is 1.29 bits per heavy atom. The van der Waals surface area contributed by atoms with Gasteiger partial charge in [-0.3, -0.25) is 0 Å². The van der Waals surface area contributed by atoms with Crippen LogP contribution in [0, 0.1) is 0 Å². The lowest BCUT2D eigenvalue weighted by molar-refractivity contribution is 0.0697. The number of aromatic carboxylic acids is 1. The lowest BCUT2D eigenvalue weighted by Crippen LogP contribution is -2.18. The fourth-order valence-electron chi connectivity index (χ4n) is 2.17. The van der Waals surface area contributed by atoms with Crippen LogP contribution in [-0.4, -0.2) is 25.2 Å². The molecule has 0 unspecified atom stereocenters. The van der Waals surface area contributed by atoms with Gasteiger partial charge in [0.2, 0.25) is 0 Å². The summed E-state index contributed by atoms with van der Waals surface area (Å²) in [5.74, 6) is -0.182. The van der Waals surface area contributed by atoms with E-state index in [4.69, 9.17) is 15.6 Å². The van der Waals surface area contributed by atoms with Crippen LogP contribution in [0.2, 0.25) is 0 Å². The van der Waals surface area contributed by atoms with E-state index in [0.29, 0.717) is 12.2 Å². The molecule has 0 fully saturated rings. The van der Waals surface area contributed by atoms with Gasteiger partial charge in [0.1, 0.15) is 5.75 Å². The van der Waals surface area contributed by atoms with E-state index in [9.17, 15) is 4.79 Å². The van der Waals surface area contributed by atoms with E-state index in [1.807, 2.05) is 36.2 Å². The predicted octanol–water partition coefficient (Wildman–Crippen LogP) is 2.61. The fourth-order valence-corrected chi connectivity index (χ4v) is 2.17. The number of benzene rings is 2. The van der Waals surface area contributed by atoms with E-state index < -0.39 is 5.97 Å². The van der Waals surface area contributed by atoms with Crippen molar-refractivity contribution in [2.75, 3.05) is 24.8 Å². The van der Waals surface area contributed by atoms with Gasteiger partial charge in [-0.05, 0) is 35.9 Å². The monoisotopic (exact) mass is 286 g/mol. The zero-order valence-electron chi connectivity index (χ0n) is 12.0. The number of nitrogen functional groups attached to an aromatic ring is 1. The van der Waals surface area contributed by atoms with Crippen molar-refractivity contribution >= 4 is 17.3 Å². The molecule has 0 bridgehead atoms. The Kier molecular flexibility index (Phi) is 4.33. The van der Waals surface area contributed by atoms with Gasteiger partial charge in [-0.15, -0.1) is 0 Å². The minimum atomic E-state index is -0.983. The van der Waals surface area contributed by atoms with Crippen molar-refractivity contribution < 1.29 is 14.6 Å². The molecule has 2 aromatic rings. The summed E-state index contributed by atoms with van der Waals surface area (Å²) < 4.78 is 5.20. The molecule has 5 nitrogen and oxygen atoms in total. The van der Waals surface area contributed by atoms with Crippen molar-refractivity contribution in [2.45, 2.75) is 6.54 Å². The third kappa shape index (κ3) is 3.45. The van der Waals surface area contributed by atoms with Crippen LogP contribution in [-0.2, 0) is 6.54 Å². The van der Waals surface area contributed by atoms with Gasteiger partial charge in [0.15, 0.2) is 0 Å². The first kappa shape index (κ1) is 14.7. The highest BCUT2D eigenvalue weighted by molar-refractivity contribution is 5.90. The normalized spacial score (nSPS) is 10.2. The minimum absolute atomic E-state index is 0.186. The summed E-state index contributed by atoms with van der Waals surface area (Å²) in [7, 11) is 3.54.